The van der Waals surface area contributed by atoms with E-state index in [1.54, 1.807) is 32.9 Å². The Morgan fingerprint density at radius 2 is 1.80 bits per heavy atom. The van der Waals surface area contributed by atoms with Crippen LogP contribution in [0.4, 0.5) is 0 Å². The number of hydrogen-bond acceptors (Lipinski definition) is 6. The molecular formula is C12H13ClN2O4S. The molecule has 0 spiro atoms. The molecule has 0 bridgehead atoms. The van der Waals surface area contributed by atoms with Crippen molar-refractivity contribution in [3.63, 3.8) is 0 Å². The lowest BCUT2D eigenvalue weighted by Crippen LogP contribution is -2.01. The number of nitrogens with zero attached hydrogens (tertiary/aromatic N) is 2. The fourth-order valence-electron chi connectivity index (χ4n) is 1.92. The van der Waals surface area contributed by atoms with E-state index in [1.807, 2.05) is 0 Å². The van der Waals surface area contributed by atoms with Gasteiger partial charge in [-0.25, -0.2) is 8.42 Å². The van der Waals surface area contributed by atoms with Crippen molar-refractivity contribution in [2.75, 3.05) is 0 Å². The van der Waals surface area contributed by atoms with Crippen molar-refractivity contribution >= 4 is 19.7 Å². The molecule has 8 heteroatoms. The summed E-state index contributed by atoms with van der Waals surface area (Å²) >= 11 is 0. The molecule has 20 heavy (non-hydrogen) atoms. The minimum absolute atomic E-state index is 0.111. The Morgan fingerprint density at radius 3 is 2.25 bits per heavy atom. The van der Waals surface area contributed by atoms with E-state index in [0.29, 0.717) is 28.7 Å². The second-order valence-corrected chi connectivity index (χ2v) is 6.83. The molecule has 0 N–H and O–H groups in total. The summed E-state index contributed by atoms with van der Waals surface area (Å²) in [4.78, 5) is 0.111. The molecule has 2 aromatic rings. The van der Waals surface area contributed by atoms with E-state index in [1.165, 1.54) is 0 Å². The van der Waals surface area contributed by atoms with Gasteiger partial charge < -0.3 is 9.15 Å². The molecule has 0 fully saturated rings. The van der Waals surface area contributed by atoms with E-state index in [0.717, 1.165) is 0 Å². The van der Waals surface area contributed by atoms with Gasteiger partial charge in [-0.15, -0.1) is 10.2 Å². The summed E-state index contributed by atoms with van der Waals surface area (Å²) in [6.45, 7) is 5.12. The standard InChI is InChI=1S/C12H13ClN2O4S/c1-7-4-10(5-8(2)12(7)20(13,16)17)18-6-11-15-14-9(3)19-11/h4-5H,6H2,1-3H3. The maximum absolute atomic E-state index is 11.5. The van der Waals surface area contributed by atoms with E-state index in [4.69, 9.17) is 19.8 Å². The van der Waals surface area contributed by atoms with Crippen LogP contribution in [0.5, 0.6) is 5.75 Å². The van der Waals surface area contributed by atoms with Gasteiger partial charge in [-0.05, 0) is 37.1 Å². The minimum atomic E-state index is -3.77. The van der Waals surface area contributed by atoms with Crippen molar-refractivity contribution in [3.8, 4) is 5.75 Å². The number of benzene rings is 1. The number of hydrogen-bond donors (Lipinski definition) is 0. The zero-order valence-electron chi connectivity index (χ0n) is 11.2. The fourth-order valence-corrected chi connectivity index (χ4v) is 3.54. The molecule has 0 amide bonds. The predicted octanol–water partition coefficient (Wildman–Crippen LogP) is 2.50. The van der Waals surface area contributed by atoms with Gasteiger partial charge in [0, 0.05) is 17.6 Å². The van der Waals surface area contributed by atoms with Crippen molar-refractivity contribution in [2.45, 2.75) is 32.3 Å². The van der Waals surface area contributed by atoms with Crippen LogP contribution in [0.3, 0.4) is 0 Å². The Labute approximate surface area is 121 Å². The zero-order valence-corrected chi connectivity index (χ0v) is 12.7. The Balaban J connectivity index is 2.23. The molecule has 1 aromatic carbocycles. The zero-order chi connectivity index (χ0) is 14.9. The van der Waals surface area contributed by atoms with Gasteiger partial charge >= 0.3 is 0 Å². The summed E-state index contributed by atoms with van der Waals surface area (Å²) in [6.07, 6.45) is 0. The average Bonchev–Trinajstić information content (AvgIpc) is 2.69. The fraction of sp³-hybridized carbons (Fsp3) is 0.333. The van der Waals surface area contributed by atoms with Crippen LogP contribution in [-0.2, 0) is 15.7 Å². The lowest BCUT2D eigenvalue weighted by Gasteiger charge is -2.10. The van der Waals surface area contributed by atoms with Crippen molar-refractivity contribution in [2.24, 2.45) is 0 Å². The molecule has 108 valence electrons. The predicted molar refractivity (Wildman–Crippen MR) is 72.3 cm³/mol. The summed E-state index contributed by atoms with van der Waals surface area (Å²) < 4.78 is 33.6. The van der Waals surface area contributed by atoms with E-state index in [2.05, 4.69) is 10.2 Å². The molecule has 0 atom stereocenters. The van der Waals surface area contributed by atoms with Crippen LogP contribution < -0.4 is 4.74 Å². The molecule has 0 saturated heterocycles. The Morgan fingerprint density at radius 1 is 1.20 bits per heavy atom. The Hall–Kier alpha value is -1.60. The first-order chi connectivity index (χ1) is 9.27. The van der Waals surface area contributed by atoms with Crippen LogP contribution in [0, 0.1) is 20.8 Å². The lowest BCUT2D eigenvalue weighted by molar-refractivity contribution is 0.260. The highest BCUT2D eigenvalue weighted by atomic mass is 35.7. The Bertz CT molecular complexity index is 717. The van der Waals surface area contributed by atoms with Crippen LogP contribution in [0.2, 0.25) is 0 Å². The molecule has 0 saturated carbocycles. The summed E-state index contributed by atoms with van der Waals surface area (Å²) in [6, 6.07) is 3.21. The largest absolute Gasteiger partial charge is 0.484 e. The smallest absolute Gasteiger partial charge is 0.261 e. The molecule has 6 nitrogen and oxygen atoms in total. The topological polar surface area (TPSA) is 82.3 Å². The van der Waals surface area contributed by atoms with E-state index >= 15 is 0 Å². The van der Waals surface area contributed by atoms with Crippen molar-refractivity contribution in [3.05, 3.63) is 35.0 Å². The van der Waals surface area contributed by atoms with Crippen molar-refractivity contribution in [1.29, 1.82) is 0 Å². The van der Waals surface area contributed by atoms with Crippen molar-refractivity contribution in [1.82, 2.24) is 10.2 Å². The Kier molecular flexibility index (Phi) is 4.01. The van der Waals surface area contributed by atoms with Gasteiger partial charge in [0.25, 0.3) is 14.9 Å². The molecule has 0 unspecified atom stereocenters. The summed E-state index contributed by atoms with van der Waals surface area (Å²) in [7, 11) is 1.63. The van der Waals surface area contributed by atoms with E-state index in [-0.39, 0.29) is 11.5 Å². The molecule has 1 heterocycles. The normalized spacial score (nSPS) is 11.6. The summed E-state index contributed by atoms with van der Waals surface area (Å²) in [5.41, 5.74) is 1.05. The van der Waals surface area contributed by atoms with Crippen LogP contribution in [0.15, 0.2) is 21.4 Å². The van der Waals surface area contributed by atoms with Crippen molar-refractivity contribution < 1.29 is 17.6 Å². The average molecular weight is 317 g/mol. The molecule has 1 aromatic heterocycles. The molecule has 0 aliphatic heterocycles. The number of aromatic nitrogens is 2. The SMILES string of the molecule is Cc1nnc(COc2cc(C)c(S(=O)(=O)Cl)c(C)c2)o1. The van der Waals surface area contributed by atoms with Crippen LogP contribution in [0.1, 0.15) is 22.9 Å². The molecule has 0 aliphatic carbocycles. The second kappa shape index (κ2) is 5.41. The summed E-state index contributed by atoms with van der Waals surface area (Å²) in [5, 5.41) is 7.49. The minimum Gasteiger partial charge on any atom is -0.484 e. The van der Waals surface area contributed by atoms with Crippen LogP contribution >= 0.6 is 10.7 Å². The van der Waals surface area contributed by atoms with Gasteiger partial charge in [0.15, 0.2) is 6.61 Å². The maximum Gasteiger partial charge on any atom is 0.261 e. The molecular weight excluding hydrogens is 304 g/mol. The van der Waals surface area contributed by atoms with Crippen LogP contribution in [0.25, 0.3) is 0 Å². The summed E-state index contributed by atoms with van der Waals surface area (Å²) in [5.74, 6) is 1.33. The lowest BCUT2D eigenvalue weighted by atomic mass is 10.1. The molecule has 0 radical (unpaired) electrons. The monoisotopic (exact) mass is 316 g/mol. The van der Waals surface area contributed by atoms with E-state index < -0.39 is 9.05 Å². The number of ether oxygens (including phenoxy) is 1. The van der Waals surface area contributed by atoms with Gasteiger partial charge in [-0.3, -0.25) is 0 Å². The number of aryl methyl sites for hydroxylation is 3. The third kappa shape index (κ3) is 3.29. The second-order valence-electron chi connectivity index (χ2n) is 4.33. The first kappa shape index (κ1) is 14.8. The third-order valence-corrected chi connectivity index (χ3v) is 4.20. The number of rotatable bonds is 4. The van der Waals surface area contributed by atoms with Gasteiger partial charge in [-0.2, -0.15) is 0 Å². The molecule has 2 rings (SSSR count). The van der Waals surface area contributed by atoms with Gasteiger partial charge in [0.1, 0.15) is 5.75 Å². The third-order valence-electron chi connectivity index (χ3n) is 2.61. The highest BCUT2D eigenvalue weighted by Gasteiger charge is 2.18. The van der Waals surface area contributed by atoms with Gasteiger partial charge in [-0.1, -0.05) is 0 Å². The molecule has 0 aliphatic rings. The van der Waals surface area contributed by atoms with Gasteiger partial charge in [0.2, 0.25) is 5.89 Å². The van der Waals surface area contributed by atoms with E-state index in [9.17, 15) is 8.42 Å². The maximum atomic E-state index is 11.5. The highest BCUT2D eigenvalue weighted by Crippen LogP contribution is 2.28. The quantitative estimate of drug-likeness (QED) is 0.806. The highest BCUT2D eigenvalue weighted by molar-refractivity contribution is 8.13. The van der Waals surface area contributed by atoms with Gasteiger partial charge in [0.05, 0.1) is 4.90 Å². The van der Waals surface area contributed by atoms with Crippen LogP contribution in [-0.4, -0.2) is 18.6 Å². The first-order valence-electron chi connectivity index (χ1n) is 5.75. The number of halogens is 1. The first-order valence-corrected chi connectivity index (χ1v) is 8.06.